The van der Waals surface area contributed by atoms with Gasteiger partial charge in [0.25, 0.3) is 10.2 Å². The van der Waals surface area contributed by atoms with Crippen molar-refractivity contribution in [2.45, 2.75) is 12.5 Å². The molecule has 1 aromatic carbocycles. The summed E-state index contributed by atoms with van der Waals surface area (Å²) >= 11 is 0. The SMILES string of the molecule is NS(=O)(=O)N[C@@H](Cc1c[nH]c2ccccc12)C(=O)O. The van der Waals surface area contributed by atoms with Gasteiger partial charge in [-0.25, -0.2) is 5.14 Å². The molecule has 0 bridgehead atoms. The number of aliphatic carboxylic acids is 1. The molecule has 19 heavy (non-hydrogen) atoms. The Balaban J connectivity index is 2.29. The van der Waals surface area contributed by atoms with E-state index in [9.17, 15) is 13.2 Å². The second-order valence-corrected chi connectivity index (χ2v) is 5.44. The Morgan fingerprint density at radius 2 is 2.11 bits per heavy atom. The van der Waals surface area contributed by atoms with Gasteiger partial charge >= 0.3 is 5.97 Å². The van der Waals surface area contributed by atoms with Crippen LogP contribution in [0.15, 0.2) is 30.5 Å². The molecule has 102 valence electrons. The first-order valence-corrected chi connectivity index (χ1v) is 6.99. The van der Waals surface area contributed by atoms with E-state index in [1.165, 1.54) is 0 Å². The van der Waals surface area contributed by atoms with E-state index >= 15 is 0 Å². The zero-order chi connectivity index (χ0) is 14.0. The number of carboxylic acids is 1. The van der Waals surface area contributed by atoms with E-state index < -0.39 is 22.2 Å². The molecule has 0 saturated heterocycles. The van der Waals surface area contributed by atoms with Crippen LogP contribution in [-0.4, -0.2) is 30.5 Å². The molecule has 0 fully saturated rings. The number of hydrogen-bond acceptors (Lipinski definition) is 3. The number of carbonyl (C=O) groups is 1. The number of fused-ring (bicyclic) bond motifs is 1. The summed E-state index contributed by atoms with van der Waals surface area (Å²) in [6.07, 6.45) is 1.67. The minimum atomic E-state index is -4.07. The van der Waals surface area contributed by atoms with Gasteiger partial charge < -0.3 is 10.1 Å². The van der Waals surface area contributed by atoms with Gasteiger partial charge in [0.05, 0.1) is 0 Å². The highest BCUT2D eigenvalue weighted by Gasteiger charge is 2.23. The molecule has 0 aliphatic carbocycles. The molecule has 2 rings (SSSR count). The molecule has 8 heteroatoms. The van der Waals surface area contributed by atoms with Gasteiger partial charge in [-0.1, -0.05) is 18.2 Å². The molecule has 0 unspecified atom stereocenters. The summed E-state index contributed by atoms with van der Waals surface area (Å²) < 4.78 is 23.8. The molecular formula is C11H13N3O4S. The second-order valence-electron chi connectivity index (χ2n) is 4.12. The monoisotopic (exact) mass is 283 g/mol. The first kappa shape index (κ1) is 13.5. The average Bonchev–Trinajstić information content (AvgIpc) is 2.70. The van der Waals surface area contributed by atoms with Crippen LogP contribution in [0.3, 0.4) is 0 Å². The van der Waals surface area contributed by atoms with E-state index in [-0.39, 0.29) is 6.42 Å². The number of para-hydroxylation sites is 1. The predicted octanol–water partition coefficient (Wildman–Crippen LogP) is -0.0433. The Hall–Kier alpha value is -1.90. The van der Waals surface area contributed by atoms with Crippen LogP contribution in [0.2, 0.25) is 0 Å². The Morgan fingerprint density at radius 3 is 2.74 bits per heavy atom. The van der Waals surface area contributed by atoms with Gasteiger partial charge in [0.15, 0.2) is 0 Å². The quantitative estimate of drug-likeness (QED) is 0.614. The molecule has 0 radical (unpaired) electrons. The molecule has 0 saturated carbocycles. The normalized spacial score (nSPS) is 13.5. The summed E-state index contributed by atoms with van der Waals surface area (Å²) in [4.78, 5) is 14.0. The summed E-state index contributed by atoms with van der Waals surface area (Å²) in [5.41, 5.74) is 1.57. The highest BCUT2D eigenvalue weighted by molar-refractivity contribution is 7.87. The summed E-state index contributed by atoms with van der Waals surface area (Å²) in [6, 6.07) is 6.05. The lowest BCUT2D eigenvalue weighted by Gasteiger charge is -2.11. The molecule has 2 aromatic rings. The molecule has 0 aliphatic heterocycles. The first-order valence-electron chi connectivity index (χ1n) is 5.44. The van der Waals surface area contributed by atoms with Gasteiger partial charge in [0, 0.05) is 23.5 Å². The summed E-state index contributed by atoms with van der Waals surface area (Å²) in [5.74, 6) is -1.28. The minimum absolute atomic E-state index is 0.00970. The molecule has 0 aliphatic rings. The topological polar surface area (TPSA) is 125 Å². The molecule has 1 atom stereocenters. The summed E-state index contributed by atoms with van der Waals surface area (Å²) in [6.45, 7) is 0. The van der Waals surface area contributed by atoms with Crippen molar-refractivity contribution in [2.24, 2.45) is 5.14 Å². The fourth-order valence-electron chi connectivity index (χ4n) is 1.90. The lowest BCUT2D eigenvalue weighted by atomic mass is 10.1. The maximum absolute atomic E-state index is 11.0. The van der Waals surface area contributed by atoms with E-state index in [4.69, 9.17) is 10.2 Å². The van der Waals surface area contributed by atoms with Crippen LogP contribution < -0.4 is 9.86 Å². The predicted molar refractivity (Wildman–Crippen MR) is 69.7 cm³/mol. The smallest absolute Gasteiger partial charge is 0.322 e. The average molecular weight is 283 g/mol. The van der Waals surface area contributed by atoms with Crippen molar-refractivity contribution in [2.75, 3.05) is 0 Å². The number of H-pyrrole nitrogens is 1. The van der Waals surface area contributed by atoms with Crippen molar-refractivity contribution in [3.8, 4) is 0 Å². The largest absolute Gasteiger partial charge is 0.480 e. The van der Waals surface area contributed by atoms with Crippen molar-refractivity contribution in [1.82, 2.24) is 9.71 Å². The molecule has 5 N–H and O–H groups in total. The van der Waals surface area contributed by atoms with Gasteiger partial charge in [0.1, 0.15) is 6.04 Å². The molecule has 1 heterocycles. The van der Waals surface area contributed by atoms with Crippen molar-refractivity contribution in [3.63, 3.8) is 0 Å². The van der Waals surface area contributed by atoms with Crippen molar-refractivity contribution in [3.05, 3.63) is 36.0 Å². The number of hydrogen-bond donors (Lipinski definition) is 4. The van der Waals surface area contributed by atoms with Crippen LogP contribution in [-0.2, 0) is 21.4 Å². The van der Waals surface area contributed by atoms with Crippen LogP contribution in [0.5, 0.6) is 0 Å². The number of nitrogens with one attached hydrogen (secondary N) is 2. The maximum Gasteiger partial charge on any atom is 0.322 e. The Kier molecular flexibility index (Phi) is 3.56. The third-order valence-electron chi connectivity index (χ3n) is 2.70. The third-order valence-corrected chi connectivity index (χ3v) is 3.32. The van der Waals surface area contributed by atoms with Crippen LogP contribution in [0.1, 0.15) is 5.56 Å². The van der Waals surface area contributed by atoms with Crippen LogP contribution in [0, 0.1) is 0 Å². The Morgan fingerprint density at radius 1 is 1.42 bits per heavy atom. The van der Waals surface area contributed by atoms with Gasteiger partial charge in [-0.05, 0) is 11.6 Å². The van der Waals surface area contributed by atoms with Gasteiger partial charge in [-0.3, -0.25) is 4.79 Å². The van der Waals surface area contributed by atoms with E-state index in [2.05, 4.69) is 4.98 Å². The van der Waals surface area contributed by atoms with Crippen molar-refractivity contribution in [1.29, 1.82) is 0 Å². The lowest BCUT2D eigenvalue weighted by Crippen LogP contribution is -2.45. The third kappa shape index (κ3) is 3.31. The highest BCUT2D eigenvalue weighted by Crippen LogP contribution is 2.19. The molecule has 1 aromatic heterocycles. The van der Waals surface area contributed by atoms with E-state index in [0.29, 0.717) is 5.56 Å². The number of aromatic nitrogens is 1. The Bertz CT molecular complexity index is 708. The van der Waals surface area contributed by atoms with Gasteiger partial charge in [-0.15, -0.1) is 0 Å². The molecule has 0 spiro atoms. The van der Waals surface area contributed by atoms with Crippen molar-refractivity contribution < 1.29 is 18.3 Å². The first-order chi connectivity index (χ1) is 8.87. The zero-order valence-electron chi connectivity index (χ0n) is 9.83. The van der Waals surface area contributed by atoms with Crippen molar-refractivity contribution >= 4 is 27.1 Å². The van der Waals surface area contributed by atoms with Gasteiger partial charge in [-0.2, -0.15) is 13.1 Å². The number of nitrogens with two attached hydrogens (primary N) is 1. The summed E-state index contributed by atoms with van der Waals surface area (Å²) in [5, 5.41) is 14.7. The Labute approximate surface area is 109 Å². The van der Waals surface area contributed by atoms with Crippen LogP contribution in [0.25, 0.3) is 10.9 Å². The number of carboxylic acid groups (broad SMARTS) is 1. The molecule has 0 amide bonds. The van der Waals surface area contributed by atoms with E-state index in [0.717, 1.165) is 10.9 Å². The van der Waals surface area contributed by atoms with Crippen LogP contribution >= 0.6 is 0 Å². The fraction of sp³-hybridized carbons (Fsp3) is 0.182. The number of rotatable bonds is 5. The zero-order valence-corrected chi connectivity index (χ0v) is 10.6. The molecule has 7 nitrogen and oxygen atoms in total. The maximum atomic E-state index is 11.0. The molecular weight excluding hydrogens is 270 g/mol. The highest BCUT2D eigenvalue weighted by atomic mass is 32.2. The van der Waals surface area contributed by atoms with Crippen LogP contribution in [0.4, 0.5) is 0 Å². The number of benzene rings is 1. The van der Waals surface area contributed by atoms with Gasteiger partial charge in [0.2, 0.25) is 0 Å². The lowest BCUT2D eigenvalue weighted by molar-refractivity contribution is -0.138. The number of aromatic amines is 1. The summed E-state index contributed by atoms with van der Waals surface area (Å²) in [7, 11) is -4.07. The minimum Gasteiger partial charge on any atom is -0.480 e. The second kappa shape index (κ2) is 5.00. The van der Waals surface area contributed by atoms with E-state index in [1.807, 2.05) is 29.0 Å². The van der Waals surface area contributed by atoms with E-state index in [1.54, 1.807) is 6.20 Å². The fourth-order valence-corrected chi connectivity index (χ4v) is 2.48. The standard InChI is InChI=1S/C11H13N3O4S/c12-19(17,18)14-10(11(15)16)5-7-6-13-9-4-2-1-3-8(7)9/h1-4,6,10,13-14H,5H2,(H,15,16)(H2,12,17,18)/t10-/m0/s1.